The zero-order valence-electron chi connectivity index (χ0n) is 21.0. The van der Waals surface area contributed by atoms with Gasteiger partial charge in [0.25, 0.3) is 5.91 Å². The first-order valence-corrected chi connectivity index (χ1v) is 13.4. The molecule has 4 aliphatic rings. The fourth-order valence-electron chi connectivity index (χ4n) is 7.82. The van der Waals surface area contributed by atoms with Gasteiger partial charge < -0.3 is 16.0 Å². The van der Waals surface area contributed by atoms with Crippen molar-refractivity contribution in [3.05, 3.63) is 29.8 Å². The van der Waals surface area contributed by atoms with Crippen molar-refractivity contribution in [3.63, 3.8) is 0 Å². The number of hydroxylamine groups is 1. The summed E-state index contributed by atoms with van der Waals surface area (Å²) in [5.41, 5.74) is 4.11. The van der Waals surface area contributed by atoms with E-state index in [9.17, 15) is 9.59 Å². The third kappa shape index (κ3) is 6.53. The van der Waals surface area contributed by atoms with Gasteiger partial charge in [0, 0.05) is 29.8 Å². The van der Waals surface area contributed by atoms with Gasteiger partial charge in [0.1, 0.15) is 0 Å². The van der Waals surface area contributed by atoms with Crippen LogP contribution in [0.5, 0.6) is 0 Å². The number of hydrogen-bond acceptors (Lipinski definition) is 4. The quantitative estimate of drug-likeness (QED) is 0.135. The Hall–Kier alpha value is -2.19. The van der Waals surface area contributed by atoms with Crippen LogP contribution < -0.4 is 21.4 Å². The highest BCUT2D eigenvalue weighted by atomic mass is 32.1. The molecule has 4 atom stereocenters. The van der Waals surface area contributed by atoms with Gasteiger partial charge in [-0.25, -0.2) is 5.48 Å². The fraction of sp³-hybridized carbons (Fsp3) is 0.667. The lowest BCUT2D eigenvalue weighted by Gasteiger charge is -2.65. The highest BCUT2D eigenvalue weighted by molar-refractivity contribution is 7.80. The van der Waals surface area contributed by atoms with E-state index in [1.807, 2.05) is 24.3 Å². The molecule has 0 aliphatic heterocycles. The minimum Gasteiger partial charge on any atom is -0.357 e. The van der Waals surface area contributed by atoms with Crippen LogP contribution in [0.4, 0.5) is 5.69 Å². The van der Waals surface area contributed by atoms with Gasteiger partial charge in [-0.3, -0.25) is 14.8 Å². The summed E-state index contributed by atoms with van der Waals surface area (Å²) < 4.78 is 0. The number of thiocarbonyl (C=S) groups is 1. The van der Waals surface area contributed by atoms with E-state index in [4.69, 9.17) is 17.4 Å². The van der Waals surface area contributed by atoms with Crippen LogP contribution in [0.1, 0.15) is 94.8 Å². The van der Waals surface area contributed by atoms with E-state index in [-0.39, 0.29) is 17.4 Å². The van der Waals surface area contributed by atoms with Crippen LogP contribution in [-0.4, -0.2) is 34.2 Å². The van der Waals surface area contributed by atoms with Crippen LogP contribution in [0.3, 0.4) is 0 Å². The zero-order chi connectivity index (χ0) is 25.1. The normalized spacial score (nSPS) is 30.5. The molecule has 5 N–H and O–H groups in total. The third-order valence-corrected chi connectivity index (χ3v) is 8.35. The summed E-state index contributed by atoms with van der Waals surface area (Å²) in [5, 5.41) is 19.2. The molecule has 4 fully saturated rings. The summed E-state index contributed by atoms with van der Waals surface area (Å²) in [4.78, 5) is 23.4. The molecule has 4 bridgehead atoms. The number of unbranched alkanes of at least 4 members (excludes halogenated alkanes) is 3. The van der Waals surface area contributed by atoms with E-state index in [1.54, 1.807) is 5.48 Å². The molecule has 5 rings (SSSR count). The Morgan fingerprint density at radius 1 is 0.971 bits per heavy atom. The lowest BCUT2D eigenvalue weighted by Crippen LogP contribution is -2.65. The van der Waals surface area contributed by atoms with Crippen molar-refractivity contribution in [3.8, 4) is 0 Å². The number of rotatable bonds is 10. The second kappa shape index (κ2) is 10.4. The summed E-state index contributed by atoms with van der Waals surface area (Å²) in [6, 6.07) is 7.44. The Morgan fingerprint density at radius 2 is 1.63 bits per heavy atom. The SMILES string of the molecule is C[C@]12CC3CC(NC(=S)Nc4ccc(C(=O)NCCCCCCC(=O)NO)cc4)(C1)C[C@@](C)(C3)C2. The first-order valence-electron chi connectivity index (χ1n) is 13.0. The molecule has 4 aliphatic carbocycles. The van der Waals surface area contributed by atoms with Gasteiger partial charge in [-0.15, -0.1) is 0 Å². The highest BCUT2D eigenvalue weighted by Gasteiger charge is 2.60. The van der Waals surface area contributed by atoms with Crippen molar-refractivity contribution in [1.82, 2.24) is 16.1 Å². The molecular formula is C27H40N4O3S. The van der Waals surface area contributed by atoms with E-state index < -0.39 is 0 Å². The molecule has 0 aromatic heterocycles. The molecule has 0 radical (unpaired) electrons. The standard InChI is InChI=1S/C27H40N4O3S/c1-25-13-19-14-26(2,16-25)18-27(15-19,17-25)30-24(35)29-21-10-8-20(9-11-21)23(33)28-12-6-4-3-5-7-22(32)31-34/h8-11,19,34H,3-7,12-18H2,1-2H3,(H,28,33)(H,31,32)(H2,29,30,35)/t19?,25-,26+,27?. The molecule has 0 heterocycles. The van der Waals surface area contributed by atoms with Crippen LogP contribution in [0.25, 0.3) is 0 Å². The average molecular weight is 501 g/mol. The van der Waals surface area contributed by atoms with Crippen LogP contribution in [0, 0.1) is 16.7 Å². The summed E-state index contributed by atoms with van der Waals surface area (Å²) >= 11 is 5.71. The largest absolute Gasteiger partial charge is 0.357 e. The van der Waals surface area contributed by atoms with Crippen molar-refractivity contribution >= 4 is 34.8 Å². The maximum atomic E-state index is 12.4. The van der Waals surface area contributed by atoms with Crippen LogP contribution in [0.2, 0.25) is 0 Å². The van der Waals surface area contributed by atoms with Crippen LogP contribution >= 0.6 is 12.2 Å². The molecule has 7 nitrogen and oxygen atoms in total. The number of anilines is 1. The van der Waals surface area contributed by atoms with Crippen molar-refractivity contribution in [2.75, 3.05) is 11.9 Å². The molecule has 4 saturated carbocycles. The molecule has 192 valence electrons. The monoisotopic (exact) mass is 500 g/mol. The Balaban J connectivity index is 1.20. The Kier molecular flexibility index (Phi) is 7.71. The van der Waals surface area contributed by atoms with Crippen molar-refractivity contribution in [2.45, 2.75) is 90.0 Å². The minimum absolute atomic E-state index is 0.0908. The van der Waals surface area contributed by atoms with Gasteiger partial charge in [-0.05, 0) is 105 Å². The molecule has 2 unspecified atom stereocenters. The van der Waals surface area contributed by atoms with E-state index >= 15 is 0 Å². The number of nitrogens with one attached hydrogen (secondary N) is 4. The van der Waals surface area contributed by atoms with Gasteiger partial charge in [0.05, 0.1) is 0 Å². The second-order valence-electron chi connectivity index (χ2n) is 12.0. The van der Waals surface area contributed by atoms with Gasteiger partial charge in [0.15, 0.2) is 5.11 Å². The second-order valence-corrected chi connectivity index (χ2v) is 12.4. The maximum absolute atomic E-state index is 12.4. The first-order chi connectivity index (χ1) is 16.6. The zero-order valence-corrected chi connectivity index (χ0v) is 21.9. The van der Waals surface area contributed by atoms with E-state index in [0.29, 0.717) is 34.5 Å². The Bertz CT molecular complexity index is 932. The highest BCUT2D eigenvalue weighted by Crippen LogP contribution is 2.66. The average Bonchev–Trinajstić information content (AvgIpc) is 2.75. The van der Waals surface area contributed by atoms with E-state index in [2.05, 4.69) is 29.8 Å². The first kappa shape index (κ1) is 25.9. The number of carbonyl (C=O) groups is 2. The summed E-state index contributed by atoms with van der Waals surface area (Å²) in [5.74, 6) is 0.360. The molecule has 2 amide bonds. The summed E-state index contributed by atoms with van der Waals surface area (Å²) in [7, 11) is 0. The van der Waals surface area contributed by atoms with Gasteiger partial charge >= 0.3 is 0 Å². The predicted octanol–water partition coefficient (Wildman–Crippen LogP) is 4.91. The third-order valence-electron chi connectivity index (χ3n) is 8.15. The minimum atomic E-state index is -0.357. The number of carbonyl (C=O) groups excluding carboxylic acids is 2. The molecule has 1 aromatic carbocycles. The smallest absolute Gasteiger partial charge is 0.251 e. The predicted molar refractivity (Wildman–Crippen MR) is 141 cm³/mol. The fourth-order valence-corrected chi connectivity index (χ4v) is 8.15. The van der Waals surface area contributed by atoms with Gasteiger partial charge in [-0.1, -0.05) is 26.7 Å². The lowest BCUT2D eigenvalue weighted by atomic mass is 9.43. The van der Waals surface area contributed by atoms with Gasteiger partial charge in [-0.2, -0.15) is 0 Å². The molecule has 35 heavy (non-hydrogen) atoms. The Labute approximate surface area is 214 Å². The Morgan fingerprint density at radius 3 is 2.26 bits per heavy atom. The van der Waals surface area contributed by atoms with Gasteiger partial charge in [0.2, 0.25) is 5.91 Å². The molecular weight excluding hydrogens is 460 g/mol. The maximum Gasteiger partial charge on any atom is 0.251 e. The van der Waals surface area contributed by atoms with E-state index in [1.165, 1.54) is 38.5 Å². The van der Waals surface area contributed by atoms with Crippen molar-refractivity contribution in [1.29, 1.82) is 0 Å². The molecule has 0 saturated heterocycles. The summed E-state index contributed by atoms with van der Waals surface area (Å²) in [6.45, 7) is 5.52. The topological polar surface area (TPSA) is 102 Å². The molecule has 8 heteroatoms. The van der Waals surface area contributed by atoms with Crippen LogP contribution in [-0.2, 0) is 4.79 Å². The molecule has 1 aromatic rings. The number of amides is 2. The van der Waals surface area contributed by atoms with Crippen molar-refractivity contribution in [2.24, 2.45) is 16.7 Å². The number of hydrogen-bond donors (Lipinski definition) is 5. The van der Waals surface area contributed by atoms with Crippen LogP contribution in [0.15, 0.2) is 24.3 Å². The van der Waals surface area contributed by atoms with Crippen molar-refractivity contribution < 1.29 is 14.8 Å². The van der Waals surface area contributed by atoms with E-state index in [0.717, 1.165) is 37.3 Å². The number of benzene rings is 1. The molecule has 0 spiro atoms. The lowest BCUT2D eigenvalue weighted by molar-refractivity contribution is -0.129. The summed E-state index contributed by atoms with van der Waals surface area (Å²) in [6.07, 6.45) is 11.4.